The molecule has 2 aromatic carbocycles. The van der Waals surface area contributed by atoms with E-state index in [1.54, 1.807) is 7.11 Å². The predicted octanol–water partition coefficient (Wildman–Crippen LogP) is 3.14. The van der Waals surface area contributed by atoms with Crippen LogP contribution >= 0.6 is 0 Å². The molecule has 0 aliphatic carbocycles. The lowest BCUT2D eigenvalue weighted by Gasteiger charge is -2.29. The van der Waals surface area contributed by atoms with E-state index in [9.17, 15) is 0 Å². The van der Waals surface area contributed by atoms with Crippen LogP contribution in [0.2, 0.25) is 0 Å². The number of nitrogens with two attached hydrogens (primary N) is 1. The largest absolute Gasteiger partial charge is 0.497 e. The topological polar surface area (TPSA) is 78.7 Å². The highest BCUT2D eigenvalue weighted by atomic mass is 16.5. The van der Waals surface area contributed by atoms with Crippen LogP contribution in [0.25, 0.3) is 22.5 Å². The number of methoxy groups -OCH3 is 1. The van der Waals surface area contributed by atoms with E-state index in [0.717, 1.165) is 79.8 Å². The normalized spacial score (nSPS) is 13.8. The molecule has 0 radical (unpaired) electrons. The number of hydrogen-bond donors (Lipinski definition) is 3. The number of pyridine rings is 1. The molecular formula is C27H36N6O. The van der Waals surface area contributed by atoms with Crippen LogP contribution in [0.5, 0.6) is 5.75 Å². The smallest absolute Gasteiger partial charge is 0.118 e. The van der Waals surface area contributed by atoms with Gasteiger partial charge in [-0.05, 0) is 55.6 Å². The van der Waals surface area contributed by atoms with Crippen molar-refractivity contribution in [1.29, 1.82) is 0 Å². The molecule has 4 N–H and O–H groups in total. The van der Waals surface area contributed by atoms with Gasteiger partial charge in [0.15, 0.2) is 0 Å². The molecule has 1 fully saturated rings. The second kappa shape index (κ2) is 11.8. The van der Waals surface area contributed by atoms with Crippen molar-refractivity contribution in [2.75, 3.05) is 76.7 Å². The van der Waals surface area contributed by atoms with E-state index >= 15 is 0 Å². The zero-order chi connectivity index (χ0) is 23.8. The standard InChI is InChI=1S/C27H36N6O/c1-32(15-11-28)16-14-30-23-19-26(31-27(20-23)22-5-9-25(34-2)10-6-22)21-3-7-24(8-4-21)33-17-12-29-13-18-33/h3-10,19-20,29H,11-18,28H2,1-2H3,(H,30,31). The van der Waals surface area contributed by atoms with Gasteiger partial charge in [0, 0.05) is 74.9 Å². The Labute approximate surface area is 202 Å². The average molecular weight is 461 g/mol. The Kier molecular flexibility index (Phi) is 8.36. The highest BCUT2D eigenvalue weighted by Crippen LogP contribution is 2.29. The first-order valence-corrected chi connectivity index (χ1v) is 12.0. The molecule has 34 heavy (non-hydrogen) atoms. The quantitative estimate of drug-likeness (QED) is 0.429. The van der Waals surface area contributed by atoms with Gasteiger partial charge in [-0.1, -0.05) is 12.1 Å². The molecular weight excluding hydrogens is 424 g/mol. The van der Waals surface area contributed by atoms with Gasteiger partial charge in [0.1, 0.15) is 5.75 Å². The fourth-order valence-corrected chi connectivity index (χ4v) is 4.18. The molecule has 2 heterocycles. The number of nitrogens with one attached hydrogen (secondary N) is 2. The fourth-order valence-electron chi connectivity index (χ4n) is 4.18. The van der Waals surface area contributed by atoms with E-state index in [2.05, 4.69) is 76.0 Å². The van der Waals surface area contributed by atoms with Crippen LogP contribution in [0.15, 0.2) is 60.7 Å². The number of hydrogen-bond acceptors (Lipinski definition) is 7. The van der Waals surface area contributed by atoms with Crippen molar-refractivity contribution in [2.24, 2.45) is 5.73 Å². The van der Waals surface area contributed by atoms with Crippen LogP contribution in [0.1, 0.15) is 0 Å². The van der Waals surface area contributed by atoms with Crippen molar-refractivity contribution in [3.63, 3.8) is 0 Å². The summed E-state index contributed by atoms with van der Waals surface area (Å²) < 4.78 is 5.32. The summed E-state index contributed by atoms with van der Waals surface area (Å²) in [5.41, 5.74) is 12.1. The second-order valence-electron chi connectivity index (χ2n) is 8.66. The third-order valence-electron chi connectivity index (χ3n) is 6.19. The van der Waals surface area contributed by atoms with Crippen LogP contribution in [-0.4, -0.2) is 76.4 Å². The van der Waals surface area contributed by atoms with Crippen LogP contribution in [0, 0.1) is 0 Å². The predicted molar refractivity (Wildman–Crippen MR) is 142 cm³/mol. The lowest BCUT2D eigenvalue weighted by molar-refractivity contribution is 0.357. The molecule has 0 spiro atoms. The molecule has 3 aromatic rings. The molecule has 1 aliphatic heterocycles. The van der Waals surface area contributed by atoms with Gasteiger partial charge in [0.05, 0.1) is 18.5 Å². The number of aromatic nitrogens is 1. The number of ether oxygens (including phenoxy) is 1. The van der Waals surface area contributed by atoms with E-state index in [1.165, 1.54) is 5.69 Å². The number of likely N-dealkylation sites (N-methyl/N-ethyl adjacent to an activating group) is 1. The Hall–Kier alpha value is -3.13. The number of rotatable bonds is 10. The number of nitrogens with zero attached hydrogens (tertiary/aromatic N) is 3. The van der Waals surface area contributed by atoms with Crippen LogP contribution < -0.4 is 26.0 Å². The van der Waals surface area contributed by atoms with E-state index < -0.39 is 0 Å². The minimum absolute atomic E-state index is 0.668. The van der Waals surface area contributed by atoms with Gasteiger partial charge < -0.3 is 30.9 Å². The van der Waals surface area contributed by atoms with Gasteiger partial charge in [0.2, 0.25) is 0 Å². The number of benzene rings is 2. The van der Waals surface area contributed by atoms with Crippen molar-refractivity contribution in [2.45, 2.75) is 0 Å². The van der Waals surface area contributed by atoms with Crippen LogP contribution in [0.3, 0.4) is 0 Å². The Bertz CT molecular complexity index is 1030. The minimum atomic E-state index is 0.668. The maximum Gasteiger partial charge on any atom is 0.118 e. The van der Waals surface area contributed by atoms with Gasteiger partial charge in [-0.3, -0.25) is 0 Å². The Morgan fingerprint density at radius 1 is 0.971 bits per heavy atom. The lowest BCUT2D eigenvalue weighted by atomic mass is 10.1. The minimum Gasteiger partial charge on any atom is -0.497 e. The van der Waals surface area contributed by atoms with Crippen molar-refractivity contribution in [3.05, 3.63) is 60.7 Å². The van der Waals surface area contributed by atoms with E-state index in [4.69, 9.17) is 15.5 Å². The molecule has 4 rings (SSSR count). The van der Waals surface area contributed by atoms with Crippen molar-refractivity contribution in [3.8, 4) is 28.3 Å². The first-order valence-electron chi connectivity index (χ1n) is 12.0. The van der Waals surface area contributed by atoms with Crippen molar-refractivity contribution < 1.29 is 4.74 Å². The monoisotopic (exact) mass is 460 g/mol. The van der Waals surface area contributed by atoms with E-state index in [1.807, 2.05) is 12.1 Å². The van der Waals surface area contributed by atoms with E-state index in [0.29, 0.717) is 6.54 Å². The van der Waals surface area contributed by atoms with Gasteiger partial charge in [-0.25, -0.2) is 4.98 Å². The molecule has 180 valence electrons. The summed E-state index contributed by atoms with van der Waals surface area (Å²) in [6.07, 6.45) is 0. The van der Waals surface area contributed by atoms with E-state index in [-0.39, 0.29) is 0 Å². The molecule has 0 amide bonds. The van der Waals surface area contributed by atoms with Gasteiger partial charge in [-0.2, -0.15) is 0 Å². The maximum absolute atomic E-state index is 5.67. The SMILES string of the molecule is COc1ccc(-c2cc(NCCN(C)CCN)cc(-c3ccc(N4CCNCC4)cc3)n2)cc1. The summed E-state index contributed by atoms with van der Waals surface area (Å²) in [6.45, 7) is 7.46. The third-order valence-corrected chi connectivity index (χ3v) is 6.19. The summed E-state index contributed by atoms with van der Waals surface area (Å²) in [6, 6.07) is 21.1. The van der Waals surface area contributed by atoms with Crippen molar-refractivity contribution in [1.82, 2.24) is 15.2 Å². The van der Waals surface area contributed by atoms with Gasteiger partial charge >= 0.3 is 0 Å². The van der Waals surface area contributed by atoms with Gasteiger partial charge in [0.25, 0.3) is 0 Å². The highest BCUT2D eigenvalue weighted by Gasteiger charge is 2.12. The highest BCUT2D eigenvalue weighted by molar-refractivity contribution is 5.73. The molecule has 1 aliphatic rings. The molecule has 0 bridgehead atoms. The number of piperazine rings is 1. The third kappa shape index (κ3) is 6.26. The summed E-state index contributed by atoms with van der Waals surface area (Å²) in [5, 5.41) is 6.99. The summed E-state index contributed by atoms with van der Waals surface area (Å²) in [5.74, 6) is 0.838. The number of anilines is 2. The molecule has 1 saturated heterocycles. The summed E-state index contributed by atoms with van der Waals surface area (Å²) in [7, 11) is 3.77. The first kappa shape index (κ1) is 24.0. The molecule has 7 nitrogen and oxygen atoms in total. The maximum atomic E-state index is 5.67. The average Bonchev–Trinajstić information content (AvgIpc) is 2.89. The first-order chi connectivity index (χ1) is 16.7. The lowest BCUT2D eigenvalue weighted by Crippen LogP contribution is -2.43. The van der Waals surface area contributed by atoms with Crippen molar-refractivity contribution >= 4 is 11.4 Å². The second-order valence-corrected chi connectivity index (χ2v) is 8.66. The Morgan fingerprint density at radius 2 is 1.59 bits per heavy atom. The molecule has 0 atom stereocenters. The zero-order valence-electron chi connectivity index (χ0n) is 20.3. The molecule has 1 aromatic heterocycles. The van der Waals surface area contributed by atoms with Crippen LogP contribution in [-0.2, 0) is 0 Å². The van der Waals surface area contributed by atoms with Crippen LogP contribution in [0.4, 0.5) is 11.4 Å². The molecule has 0 saturated carbocycles. The molecule has 0 unspecified atom stereocenters. The Balaban J connectivity index is 1.59. The summed E-state index contributed by atoms with van der Waals surface area (Å²) >= 11 is 0. The molecule has 7 heteroatoms. The van der Waals surface area contributed by atoms with Gasteiger partial charge in [-0.15, -0.1) is 0 Å². The Morgan fingerprint density at radius 3 is 2.18 bits per heavy atom. The fraction of sp³-hybridized carbons (Fsp3) is 0.370. The zero-order valence-corrected chi connectivity index (χ0v) is 20.3. The summed E-state index contributed by atoms with van der Waals surface area (Å²) in [4.78, 5) is 9.67.